The summed E-state index contributed by atoms with van der Waals surface area (Å²) < 4.78 is 34.4. The molecule has 0 aromatic rings. The maximum atomic E-state index is 13.5. The summed E-state index contributed by atoms with van der Waals surface area (Å²) in [4.78, 5) is 13.5. The summed E-state index contributed by atoms with van der Waals surface area (Å²) in [6, 6.07) is -0.994. The molecule has 3 aliphatic rings. The smallest absolute Gasteiger partial charge is 0.220 e. The first-order valence-electron chi connectivity index (χ1n) is 39.9. The number of rotatable bonds is 63. The molecule has 0 aliphatic carbocycles. The molecule has 0 aromatic carbocycles. The Morgan fingerprint density at radius 1 is 0.367 bits per heavy atom. The van der Waals surface area contributed by atoms with E-state index in [9.17, 15) is 61.0 Å². The van der Waals surface area contributed by atoms with Crippen LogP contribution in [0, 0.1) is 0 Å². The minimum atomic E-state index is -1.98. The monoisotopic (exact) mass is 1400 g/mol. The molecule has 3 aliphatic heterocycles. The lowest BCUT2D eigenvalue weighted by Gasteiger charge is -2.48. The largest absolute Gasteiger partial charge is 0.394 e. The van der Waals surface area contributed by atoms with Gasteiger partial charge in [-0.3, -0.25) is 4.79 Å². The molecule has 19 heteroatoms. The van der Waals surface area contributed by atoms with Crippen molar-refractivity contribution in [2.24, 2.45) is 0 Å². The Bertz CT molecular complexity index is 1960. The number of allylic oxidation sites excluding steroid dienone is 7. The van der Waals surface area contributed by atoms with E-state index in [0.717, 1.165) is 51.4 Å². The summed E-state index contributed by atoms with van der Waals surface area (Å²) in [5.41, 5.74) is 0. The Balaban J connectivity index is 1.39. The maximum Gasteiger partial charge on any atom is 0.220 e. The van der Waals surface area contributed by atoms with Gasteiger partial charge in [-0.15, -0.1) is 0 Å². The van der Waals surface area contributed by atoms with E-state index in [4.69, 9.17) is 28.4 Å². The summed E-state index contributed by atoms with van der Waals surface area (Å²) in [6.07, 6.45) is 48.2. The normalized spacial score (nSPS) is 27.0. The van der Waals surface area contributed by atoms with Gasteiger partial charge in [0.15, 0.2) is 18.9 Å². The van der Waals surface area contributed by atoms with Crippen molar-refractivity contribution in [3.05, 3.63) is 48.6 Å². The van der Waals surface area contributed by atoms with Crippen molar-refractivity contribution in [1.29, 1.82) is 0 Å². The highest BCUT2D eigenvalue weighted by Crippen LogP contribution is 2.33. The molecule has 3 rings (SSSR count). The third-order valence-corrected chi connectivity index (χ3v) is 19.8. The lowest BCUT2D eigenvalue weighted by molar-refractivity contribution is -0.379. The number of carbonyl (C=O) groups excluding carboxylic acids is 1. The number of amides is 1. The van der Waals surface area contributed by atoms with Crippen molar-refractivity contribution in [2.45, 2.75) is 420 Å². The molecule has 12 N–H and O–H groups in total. The summed E-state index contributed by atoms with van der Waals surface area (Å²) >= 11 is 0. The van der Waals surface area contributed by atoms with Crippen LogP contribution in [0.1, 0.15) is 316 Å². The van der Waals surface area contributed by atoms with Crippen LogP contribution in [0.2, 0.25) is 0 Å². The Kier molecular flexibility index (Phi) is 55.1. The maximum absolute atomic E-state index is 13.5. The molecule has 17 unspecified atom stereocenters. The van der Waals surface area contributed by atoms with Gasteiger partial charge in [0.2, 0.25) is 5.91 Å². The molecule has 0 aromatic heterocycles. The van der Waals surface area contributed by atoms with Gasteiger partial charge in [0.25, 0.3) is 0 Å². The second-order valence-electron chi connectivity index (χ2n) is 28.5. The molecule has 0 radical (unpaired) electrons. The van der Waals surface area contributed by atoms with Gasteiger partial charge in [-0.05, 0) is 64.2 Å². The van der Waals surface area contributed by atoms with Crippen LogP contribution in [0.3, 0.4) is 0 Å². The lowest BCUT2D eigenvalue weighted by atomic mass is 9.96. The number of aliphatic hydroxyl groups excluding tert-OH is 11. The van der Waals surface area contributed by atoms with E-state index in [1.165, 1.54) is 231 Å². The van der Waals surface area contributed by atoms with Crippen LogP contribution >= 0.6 is 0 Å². The number of ether oxygens (including phenoxy) is 6. The van der Waals surface area contributed by atoms with Gasteiger partial charge in [-0.1, -0.05) is 294 Å². The van der Waals surface area contributed by atoms with Crippen LogP contribution in [0.4, 0.5) is 0 Å². The van der Waals surface area contributed by atoms with Crippen LogP contribution < -0.4 is 5.32 Å². The van der Waals surface area contributed by atoms with E-state index in [2.05, 4.69) is 55.6 Å². The summed E-state index contributed by atoms with van der Waals surface area (Å²) in [6.45, 7) is 1.75. The van der Waals surface area contributed by atoms with Gasteiger partial charge >= 0.3 is 0 Å². The Morgan fingerprint density at radius 2 is 0.684 bits per heavy atom. The Morgan fingerprint density at radius 3 is 1.08 bits per heavy atom. The number of hydrogen-bond acceptors (Lipinski definition) is 18. The molecule has 98 heavy (non-hydrogen) atoms. The van der Waals surface area contributed by atoms with Crippen molar-refractivity contribution < 1.29 is 89.4 Å². The van der Waals surface area contributed by atoms with E-state index in [1.54, 1.807) is 6.08 Å². The zero-order chi connectivity index (χ0) is 71.1. The predicted octanol–water partition coefficient (Wildman–Crippen LogP) is 12.9. The van der Waals surface area contributed by atoms with Crippen molar-refractivity contribution in [1.82, 2.24) is 5.32 Å². The minimum Gasteiger partial charge on any atom is -0.394 e. The third-order valence-electron chi connectivity index (χ3n) is 19.8. The molecule has 1 amide bonds. The Labute approximate surface area is 593 Å². The highest BCUT2D eigenvalue weighted by atomic mass is 16.8. The summed E-state index contributed by atoms with van der Waals surface area (Å²) in [5, 5.41) is 121. The molecule has 17 atom stereocenters. The summed E-state index contributed by atoms with van der Waals surface area (Å²) in [5.74, 6) is -0.285. The van der Waals surface area contributed by atoms with Crippen molar-refractivity contribution in [3.8, 4) is 0 Å². The van der Waals surface area contributed by atoms with E-state index < -0.39 is 124 Å². The lowest BCUT2D eigenvalue weighted by Crippen LogP contribution is -2.66. The number of hydrogen-bond donors (Lipinski definition) is 12. The fraction of sp³-hybridized carbons (Fsp3) is 0.886. The first kappa shape index (κ1) is 90.0. The zero-order valence-electron chi connectivity index (χ0n) is 61.3. The van der Waals surface area contributed by atoms with E-state index in [1.807, 2.05) is 6.08 Å². The van der Waals surface area contributed by atoms with Gasteiger partial charge in [-0.25, -0.2) is 0 Å². The average molecular weight is 1400 g/mol. The molecule has 0 spiro atoms. The fourth-order valence-corrected chi connectivity index (χ4v) is 13.4. The van der Waals surface area contributed by atoms with Gasteiger partial charge in [-0.2, -0.15) is 0 Å². The highest BCUT2D eigenvalue weighted by Gasteiger charge is 2.54. The Hall–Kier alpha value is -2.25. The van der Waals surface area contributed by atoms with Crippen LogP contribution in [-0.2, 0) is 33.2 Å². The molecule has 0 saturated carbocycles. The summed E-state index contributed by atoms with van der Waals surface area (Å²) in [7, 11) is 0. The van der Waals surface area contributed by atoms with Crippen molar-refractivity contribution in [3.63, 3.8) is 0 Å². The predicted molar refractivity (Wildman–Crippen MR) is 388 cm³/mol. The van der Waals surface area contributed by atoms with Crippen LogP contribution in [0.25, 0.3) is 0 Å². The van der Waals surface area contributed by atoms with Gasteiger partial charge in [0.05, 0.1) is 38.6 Å². The second-order valence-corrected chi connectivity index (χ2v) is 28.5. The van der Waals surface area contributed by atoms with Gasteiger partial charge in [0, 0.05) is 6.42 Å². The molecule has 3 saturated heterocycles. The van der Waals surface area contributed by atoms with E-state index in [0.29, 0.717) is 12.8 Å². The molecular formula is C79H145NO18. The molecule has 0 bridgehead atoms. The molecule has 19 nitrogen and oxygen atoms in total. The second kappa shape index (κ2) is 60.1. The topological polar surface area (TPSA) is 307 Å². The van der Waals surface area contributed by atoms with Crippen LogP contribution in [0.5, 0.6) is 0 Å². The van der Waals surface area contributed by atoms with Crippen molar-refractivity contribution >= 4 is 5.91 Å². The standard InChI is InChI=1S/C79H145NO18/c1-3-5-7-9-11-13-15-17-19-21-23-25-27-28-29-30-31-32-33-35-36-38-40-42-44-46-48-50-52-54-56-63(84)62(80-67(85)57-55-53-51-49-47-45-43-41-39-37-34-26-24-22-20-18-16-14-12-10-8-6-4-2)61-93-77-73(91)70(88)75(65(59-82)95-77)98-79-74(92)71(89)76(66(60-83)96-79)97-78-72(90)69(87)68(86)64(58-81)94-78/h16,18,22,24,46,48,54,56,62-66,68-79,81-84,86-92H,3-15,17,19-21,23,25-45,47,49-53,55,57-61H2,1-2H3,(H,80,85)/b18-16-,24-22-,48-46+,56-54+. The number of aliphatic hydroxyl groups is 11. The zero-order valence-corrected chi connectivity index (χ0v) is 61.3. The quantitative estimate of drug-likeness (QED) is 0.0199. The van der Waals surface area contributed by atoms with E-state index in [-0.39, 0.29) is 18.9 Å². The highest BCUT2D eigenvalue weighted by molar-refractivity contribution is 5.76. The van der Waals surface area contributed by atoms with Crippen LogP contribution in [-0.4, -0.2) is 193 Å². The fourth-order valence-electron chi connectivity index (χ4n) is 13.4. The first-order chi connectivity index (χ1) is 47.8. The molecule has 3 heterocycles. The SMILES string of the molecule is CCCCCCC/C=C\C/C=C\CCCCCCCCCCCCCC(=O)NC(COC1OC(CO)C(OC2OC(CO)C(OC3OC(CO)C(O)C(O)C3O)C(O)C2O)C(O)C1O)C(O)/C=C/CC/C=C/CCCCCCCCCCCCCCCCCCCCCCCCCC. The number of nitrogens with one attached hydrogen (secondary N) is 1. The first-order valence-corrected chi connectivity index (χ1v) is 39.9. The van der Waals surface area contributed by atoms with E-state index >= 15 is 0 Å². The average Bonchev–Trinajstić information content (AvgIpc) is 0.785. The molecular weight excluding hydrogens is 1250 g/mol. The van der Waals surface area contributed by atoms with Gasteiger partial charge < -0.3 is 89.9 Å². The number of carbonyl (C=O) groups is 1. The number of unbranched alkanes of at least 4 members (excludes halogenated alkanes) is 41. The molecule has 574 valence electrons. The van der Waals surface area contributed by atoms with Gasteiger partial charge in [0.1, 0.15) is 73.2 Å². The molecule has 3 fully saturated rings. The van der Waals surface area contributed by atoms with Crippen molar-refractivity contribution in [2.75, 3.05) is 26.4 Å². The van der Waals surface area contributed by atoms with Crippen LogP contribution in [0.15, 0.2) is 48.6 Å². The third kappa shape index (κ3) is 40.1. The minimum absolute atomic E-state index is 0.233.